The van der Waals surface area contributed by atoms with E-state index in [0.717, 1.165) is 24.5 Å². The van der Waals surface area contributed by atoms with E-state index in [9.17, 15) is 4.79 Å². The zero-order valence-corrected chi connectivity index (χ0v) is 13.2. The van der Waals surface area contributed by atoms with E-state index in [1.54, 1.807) is 0 Å². The summed E-state index contributed by atoms with van der Waals surface area (Å²) in [6.45, 7) is 9.72. The SMILES string of the molecule is CCCNc1cc(C(=O)N2CCOCC2)cc(C(C)C)n1. The molecule has 1 aliphatic heterocycles. The van der Waals surface area contributed by atoms with Crippen LogP contribution < -0.4 is 5.32 Å². The average Bonchev–Trinajstić information content (AvgIpc) is 2.52. The lowest BCUT2D eigenvalue weighted by Crippen LogP contribution is -2.40. The first-order chi connectivity index (χ1) is 10.1. The van der Waals surface area contributed by atoms with Gasteiger partial charge in [0.2, 0.25) is 0 Å². The number of rotatable bonds is 5. The van der Waals surface area contributed by atoms with Gasteiger partial charge >= 0.3 is 0 Å². The largest absolute Gasteiger partial charge is 0.378 e. The molecule has 0 aliphatic carbocycles. The third-order valence-corrected chi connectivity index (χ3v) is 3.54. The highest BCUT2D eigenvalue weighted by Crippen LogP contribution is 2.19. The minimum atomic E-state index is 0.0714. The predicted octanol–water partition coefficient (Wildman–Crippen LogP) is 2.50. The average molecular weight is 291 g/mol. The highest BCUT2D eigenvalue weighted by molar-refractivity contribution is 5.95. The Morgan fingerprint density at radius 1 is 1.38 bits per heavy atom. The molecule has 0 bridgehead atoms. The number of ether oxygens (including phenoxy) is 1. The van der Waals surface area contributed by atoms with Gasteiger partial charge in [-0.2, -0.15) is 0 Å². The first-order valence-electron chi connectivity index (χ1n) is 7.74. The second-order valence-electron chi connectivity index (χ2n) is 5.65. The molecule has 0 unspecified atom stereocenters. The quantitative estimate of drug-likeness (QED) is 0.905. The Balaban J connectivity index is 2.23. The van der Waals surface area contributed by atoms with E-state index < -0.39 is 0 Å². The van der Waals surface area contributed by atoms with Gasteiger partial charge in [-0.1, -0.05) is 20.8 Å². The molecule has 0 atom stereocenters. The van der Waals surface area contributed by atoms with Gasteiger partial charge in [0, 0.05) is 30.9 Å². The maximum absolute atomic E-state index is 12.6. The third kappa shape index (κ3) is 4.17. The molecule has 2 rings (SSSR count). The van der Waals surface area contributed by atoms with Crippen LogP contribution in [-0.2, 0) is 4.74 Å². The van der Waals surface area contributed by atoms with Crippen LogP contribution in [0.3, 0.4) is 0 Å². The molecule has 2 heterocycles. The first kappa shape index (κ1) is 15.8. The fourth-order valence-electron chi connectivity index (χ4n) is 2.26. The maximum Gasteiger partial charge on any atom is 0.254 e. The molecule has 1 N–H and O–H groups in total. The molecule has 1 aromatic rings. The highest BCUT2D eigenvalue weighted by Gasteiger charge is 2.20. The lowest BCUT2D eigenvalue weighted by atomic mass is 10.1. The molecule has 5 nitrogen and oxygen atoms in total. The summed E-state index contributed by atoms with van der Waals surface area (Å²) >= 11 is 0. The monoisotopic (exact) mass is 291 g/mol. The van der Waals surface area contributed by atoms with E-state index >= 15 is 0 Å². The Bertz CT molecular complexity index is 482. The number of hydrogen-bond donors (Lipinski definition) is 1. The van der Waals surface area contributed by atoms with E-state index in [-0.39, 0.29) is 5.91 Å². The zero-order valence-electron chi connectivity index (χ0n) is 13.2. The van der Waals surface area contributed by atoms with Crippen LogP contribution in [0.2, 0.25) is 0 Å². The smallest absolute Gasteiger partial charge is 0.254 e. The van der Waals surface area contributed by atoms with Gasteiger partial charge in [-0.15, -0.1) is 0 Å². The van der Waals surface area contributed by atoms with Crippen LogP contribution in [-0.4, -0.2) is 48.6 Å². The number of morpholine rings is 1. The number of anilines is 1. The molecule has 0 saturated carbocycles. The van der Waals surface area contributed by atoms with E-state index in [4.69, 9.17) is 4.74 Å². The number of hydrogen-bond acceptors (Lipinski definition) is 4. The van der Waals surface area contributed by atoms with Crippen molar-refractivity contribution in [1.29, 1.82) is 0 Å². The van der Waals surface area contributed by atoms with Crippen LogP contribution in [0.15, 0.2) is 12.1 Å². The molecule has 21 heavy (non-hydrogen) atoms. The van der Waals surface area contributed by atoms with Crippen LogP contribution in [0.4, 0.5) is 5.82 Å². The van der Waals surface area contributed by atoms with Crippen LogP contribution in [0.1, 0.15) is 49.2 Å². The normalized spacial score (nSPS) is 15.3. The number of carbonyl (C=O) groups excluding carboxylic acids is 1. The first-order valence-corrected chi connectivity index (χ1v) is 7.74. The zero-order chi connectivity index (χ0) is 15.2. The van der Waals surface area contributed by atoms with Crippen molar-refractivity contribution in [3.8, 4) is 0 Å². The van der Waals surface area contributed by atoms with E-state index in [1.807, 2.05) is 17.0 Å². The lowest BCUT2D eigenvalue weighted by molar-refractivity contribution is 0.0303. The molecule has 1 aromatic heterocycles. The van der Waals surface area contributed by atoms with Crippen LogP contribution in [0.5, 0.6) is 0 Å². The second-order valence-corrected chi connectivity index (χ2v) is 5.65. The molecule has 116 valence electrons. The number of amides is 1. The molecule has 0 aromatic carbocycles. The van der Waals surface area contributed by atoms with Crippen molar-refractivity contribution in [3.05, 3.63) is 23.4 Å². The number of nitrogens with one attached hydrogen (secondary N) is 1. The fourth-order valence-corrected chi connectivity index (χ4v) is 2.26. The Kier molecular flexibility index (Phi) is 5.56. The number of nitrogens with zero attached hydrogens (tertiary/aromatic N) is 2. The summed E-state index contributed by atoms with van der Waals surface area (Å²) in [5.74, 6) is 1.16. The van der Waals surface area contributed by atoms with Crippen molar-refractivity contribution in [1.82, 2.24) is 9.88 Å². The summed E-state index contributed by atoms with van der Waals surface area (Å²) in [7, 11) is 0. The molecular weight excluding hydrogens is 266 g/mol. The number of carbonyl (C=O) groups is 1. The second kappa shape index (κ2) is 7.41. The van der Waals surface area contributed by atoms with Gasteiger partial charge < -0.3 is 15.0 Å². The van der Waals surface area contributed by atoms with Gasteiger partial charge in [0.15, 0.2) is 0 Å². The maximum atomic E-state index is 12.6. The van der Waals surface area contributed by atoms with Crippen molar-refractivity contribution in [2.24, 2.45) is 0 Å². The van der Waals surface area contributed by atoms with Gasteiger partial charge in [0.1, 0.15) is 5.82 Å². The van der Waals surface area contributed by atoms with Gasteiger partial charge in [-0.05, 0) is 24.5 Å². The van der Waals surface area contributed by atoms with Crippen LogP contribution in [0, 0.1) is 0 Å². The topological polar surface area (TPSA) is 54.5 Å². The molecule has 0 radical (unpaired) electrons. The number of pyridine rings is 1. The van der Waals surface area contributed by atoms with Crippen molar-refractivity contribution >= 4 is 11.7 Å². The highest BCUT2D eigenvalue weighted by atomic mass is 16.5. The molecule has 1 amide bonds. The molecule has 1 saturated heterocycles. The van der Waals surface area contributed by atoms with Gasteiger partial charge in [-0.3, -0.25) is 4.79 Å². The Morgan fingerprint density at radius 3 is 2.71 bits per heavy atom. The Hall–Kier alpha value is -1.62. The summed E-state index contributed by atoms with van der Waals surface area (Å²) < 4.78 is 5.31. The van der Waals surface area contributed by atoms with Gasteiger partial charge in [0.25, 0.3) is 5.91 Å². The summed E-state index contributed by atoms with van der Waals surface area (Å²) in [5, 5.41) is 3.28. The summed E-state index contributed by atoms with van der Waals surface area (Å²) in [4.78, 5) is 19.1. The predicted molar refractivity (Wildman–Crippen MR) is 83.8 cm³/mol. The van der Waals surface area contributed by atoms with Crippen LogP contribution >= 0.6 is 0 Å². The molecule has 1 aliphatic rings. The Labute approximate surface area is 126 Å². The van der Waals surface area contributed by atoms with Crippen molar-refractivity contribution < 1.29 is 9.53 Å². The van der Waals surface area contributed by atoms with Gasteiger partial charge in [-0.25, -0.2) is 4.98 Å². The molecule has 0 spiro atoms. The van der Waals surface area contributed by atoms with Crippen molar-refractivity contribution in [3.63, 3.8) is 0 Å². The molecule has 1 fully saturated rings. The summed E-state index contributed by atoms with van der Waals surface area (Å²) in [6.07, 6.45) is 1.03. The van der Waals surface area contributed by atoms with Gasteiger partial charge in [0.05, 0.1) is 13.2 Å². The fraction of sp³-hybridized carbons (Fsp3) is 0.625. The minimum absolute atomic E-state index is 0.0714. The van der Waals surface area contributed by atoms with E-state index in [2.05, 4.69) is 31.1 Å². The lowest BCUT2D eigenvalue weighted by Gasteiger charge is -2.27. The summed E-state index contributed by atoms with van der Waals surface area (Å²) in [5.41, 5.74) is 1.67. The van der Waals surface area contributed by atoms with E-state index in [1.165, 1.54) is 0 Å². The van der Waals surface area contributed by atoms with Crippen molar-refractivity contribution in [2.45, 2.75) is 33.1 Å². The standard InChI is InChI=1S/C16H25N3O2/c1-4-5-17-15-11-13(10-14(18-15)12(2)3)16(20)19-6-8-21-9-7-19/h10-12H,4-9H2,1-3H3,(H,17,18). The minimum Gasteiger partial charge on any atom is -0.378 e. The molecule has 5 heteroatoms. The van der Waals surface area contributed by atoms with E-state index in [0.29, 0.717) is 37.8 Å². The van der Waals surface area contributed by atoms with Crippen molar-refractivity contribution in [2.75, 3.05) is 38.2 Å². The Morgan fingerprint density at radius 2 is 2.10 bits per heavy atom. The molecular formula is C16H25N3O2. The van der Waals surface area contributed by atoms with Crippen LogP contribution in [0.25, 0.3) is 0 Å². The summed E-state index contributed by atoms with van der Waals surface area (Å²) in [6, 6.07) is 3.78. The third-order valence-electron chi connectivity index (χ3n) is 3.54. The number of aromatic nitrogens is 1.